The predicted molar refractivity (Wildman–Crippen MR) is 81.8 cm³/mol. The highest BCUT2D eigenvalue weighted by atomic mass is 32.2. The highest BCUT2D eigenvalue weighted by Crippen LogP contribution is 2.53. The standard InChI is InChI=1S/C14H13OS3/c1-2-5-12(6-3-1)14(17-10-15-11-18-14)9-13-7-4-8-16-13/h1-9H,10-11H2. The Hall–Kier alpha value is -0.420. The third-order valence-electron chi connectivity index (χ3n) is 2.76. The molecule has 1 radical (unpaired) electrons. The van der Waals surface area contributed by atoms with Crippen molar-refractivity contribution in [3.63, 3.8) is 0 Å². The Labute approximate surface area is 120 Å². The Morgan fingerprint density at radius 1 is 1.00 bits per heavy atom. The van der Waals surface area contributed by atoms with Crippen molar-refractivity contribution in [3.05, 3.63) is 64.7 Å². The lowest BCUT2D eigenvalue weighted by molar-refractivity contribution is 0.236. The van der Waals surface area contributed by atoms with Crippen LogP contribution in [-0.4, -0.2) is 11.9 Å². The molecule has 1 aliphatic rings. The lowest BCUT2D eigenvalue weighted by atomic mass is 10.1. The van der Waals surface area contributed by atoms with Gasteiger partial charge in [-0.3, -0.25) is 0 Å². The van der Waals surface area contributed by atoms with Crippen molar-refractivity contribution in [3.8, 4) is 0 Å². The quantitative estimate of drug-likeness (QED) is 0.820. The molecule has 0 amide bonds. The second-order valence-electron chi connectivity index (χ2n) is 3.92. The summed E-state index contributed by atoms with van der Waals surface area (Å²) in [5.41, 5.74) is 1.34. The Balaban J connectivity index is 1.93. The fourth-order valence-electron chi connectivity index (χ4n) is 1.90. The molecule has 93 valence electrons. The zero-order chi connectivity index (χ0) is 12.3. The molecule has 0 bridgehead atoms. The topological polar surface area (TPSA) is 9.23 Å². The van der Waals surface area contributed by atoms with Gasteiger partial charge in [-0.05, 0) is 17.0 Å². The van der Waals surface area contributed by atoms with Gasteiger partial charge in [0.2, 0.25) is 0 Å². The summed E-state index contributed by atoms with van der Waals surface area (Å²) in [4.78, 5) is 1.32. The number of ether oxygens (including phenoxy) is 1. The minimum absolute atomic E-state index is 0.00956. The Bertz CT molecular complexity index is 475. The molecule has 2 aromatic rings. The minimum atomic E-state index is -0.00956. The average molecular weight is 293 g/mol. The van der Waals surface area contributed by atoms with E-state index in [0.29, 0.717) is 0 Å². The molecule has 0 atom stereocenters. The first-order chi connectivity index (χ1) is 8.89. The maximum atomic E-state index is 5.47. The molecule has 0 N–H and O–H groups in total. The van der Waals surface area contributed by atoms with Gasteiger partial charge in [0.1, 0.15) is 0 Å². The summed E-state index contributed by atoms with van der Waals surface area (Å²) in [5, 5.41) is 2.12. The van der Waals surface area contributed by atoms with Gasteiger partial charge in [-0.1, -0.05) is 36.4 Å². The first-order valence-electron chi connectivity index (χ1n) is 5.70. The summed E-state index contributed by atoms with van der Waals surface area (Å²) in [6.45, 7) is 0. The maximum Gasteiger partial charge on any atom is 0.0988 e. The van der Waals surface area contributed by atoms with E-state index >= 15 is 0 Å². The SMILES string of the molecule is [CH](c1cccs1)C1(c2ccccc2)SCOCS1. The molecule has 1 nitrogen and oxygen atoms in total. The lowest BCUT2D eigenvalue weighted by Gasteiger charge is -2.35. The van der Waals surface area contributed by atoms with E-state index in [-0.39, 0.29) is 4.08 Å². The average Bonchev–Trinajstić information content (AvgIpc) is 2.94. The second kappa shape index (κ2) is 5.70. The first-order valence-corrected chi connectivity index (χ1v) is 8.55. The van der Waals surface area contributed by atoms with Crippen LogP contribution in [0.4, 0.5) is 0 Å². The Kier molecular flexibility index (Phi) is 3.99. The summed E-state index contributed by atoms with van der Waals surface area (Å²) in [7, 11) is 0. The largest absolute Gasteiger partial charge is 0.360 e. The molecule has 1 aromatic carbocycles. The van der Waals surface area contributed by atoms with E-state index in [2.05, 4.69) is 54.3 Å². The fraction of sp³-hybridized carbons (Fsp3) is 0.214. The van der Waals surface area contributed by atoms with Crippen LogP contribution in [0.15, 0.2) is 47.8 Å². The third kappa shape index (κ3) is 2.62. The van der Waals surface area contributed by atoms with Gasteiger partial charge >= 0.3 is 0 Å². The smallest absolute Gasteiger partial charge is 0.0988 e. The molecule has 0 spiro atoms. The van der Waals surface area contributed by atoms with Gasteiger partial charge in [0.05, 0.1) is 16.0 Å². The summed E-state index contributed by atoms with van der Waals surface area (Å²) in [6, 6.07) is 15.0. The van der Waals surface area contributed by atoms with E-state index in [0.717, 1.165) is 11.9 Å². The van der Waals surface area contributed by atoms with Crippen LogP contribution >= 0.6 is 34.9 Å². The molecule has 1 saturated heterocycles. The van der Waals surface area contributed by atoms with Crippen molar-refractivity contribution >= 4 is 34.9 Å². The van der Waals surface area contributed by atoms with E-state index in [9.17, 15) is 0 Å². The summed E-state index contributed by atoms with van der Waals surface area (Å²) in [5.74, 6) is 1.51. The van der Waals surface area contributed by atoms with Crippen molar-refractivity contribution in [1.29, 1.82) is 0 Å². The molecule has 0 saturated carbocycles. The molecular formula is C14H13OS3. The summed E-state index contributed by atoms with van der Waals surface area (Å²) in [6.07, 6.45) is 2.37. The van der Waals surface area contributed by atoms with Gasteiger partial charge in [-0.25, -0.2) is 0 Å². The van der Waals surface area contributed by atoms with Crippen LogP contribution in [0.5, 0.6) is 0 Å². The van der Waals surface area contributed by atoms with Crippen LogP contribution in [0, 0.1) is 6.42 Å². The monoisotopic (exact) mass is 293 g/mol. The summed E-state index contributed by atoms with van der Waals surface area (Å²) >= 11 is 5.49. The fourth-order valence-corrected chi connectivity index (χ4v) is 5.20. The molecule has 1 aromatic heterocycles. The van der Waals surface area contributed by atoms with Gasteiger partial charge in [0.25, 0.3) is 0 Å². The number of hydrogen-bond acceptors (Lipinski definition) is 4. The van der Waals surface area contributed by atoms with Crippen LogP contribution in [0.2, 0.25) is 0 Å². The molecule has 3 rings (SSSR count). The molecule has 0 unspecified atom stereocenters. The van der Waals surface area contributed by atoms with Crippen LogP contribution in [0.1, 0.15) is 10.4 Å². The minimum Gasteiger partial charge on any atom is -0.360 e. The van der Waals surface area contributed by atoms with E-state index in [1.807, 2.05) is 23.5 Å². The van der Waals surface area contributed by atoms with Crippen molar-refractivity contribution in [1.82, 2.24) is 0 Å². The van der Waals surface area contributed by atoms with Crippen molar-refractivity contribution in [2.45, 2.75) is 4.08 Å². The maximum absolute atomic E-state index is 5.47. The number of benzene rings is 1. The number of hydrogen-bond donors (Lipinski definition) is 0. The second-order valence-corrected chi connectivity index (χ2v) is 7.50. The third-order valence-corrected chi connectivity index (χ3v) is 6.43. The highest BCUT2D eigenvalue weighted by Gasteiger charge is 2.37. The lowest BCUT2D eigenvalue weighted by Crippen LogP contribution is -2.24. The molecule has 2 heterocycles. The van der Waals surface area contributed by atoms with Gasteiger partial charge in [-0.15, -0.1) is 34.9 Å². The Morgan fingerprint density at radius 2 is 1.78 bits per heavy atom. The van der Waals surface area contributed by atoms with Crippen molar-refractivity contribution < 1.29 is 4.74 Å². The van der Waals surface area contributed by atoms with E-state index in [1.165, 1.54) is 10.4 Å². The van der Waals surface area contributed by atoms with Gasteiger partial charge < -0.3 is 4.74 Å². The van der Waals surface area contributed by atoms with E-state index < -0.39 is 0 Å². The van der Waals surface area contributed by atoms with Crippen LogP contribution in [0.25, 0.3) is 0 Å². The van der Waals surface area contributed by atoms with Gasteiger partial charge in [0, 0.05) is 11.3 Å². The Morgan fingerprint density at radius 3 is 2.44 bits per heavy atom. The molecule has 18 heavy (non-hydrogen) atoms. The molecule has 4 heteroatoms. The van der Waals surface area contributed by atoms with Gasteiger partial charge in [0.15, 0.2) is 0 Å². The van der Waals surface area contributed by atoms with Gasteiger partial charge in [-0.2, -0.15) is 0 Å². The highest BCUT2D eigenvalue weighted by molar-refractivity contribution is 8.18. The van der Waals surface area contributed by atoms with Crippen molar-refractivity contribution in [2.75, 3.05) is 11.9 Å². The first kappa shape index (κ1) is 12.6. The molecular weight excluding hydrogens is 280 g/mol. The van der Waals surface area contributed by atoms with E-state index in [1.54, 1.807) is 11.3 Å². The van der Waals surface area contributed by atoms with E-state index in [4.69, 9.17) is 4.74 Å². The number of rotatable bonds is 3. The molecule has 1 aliphatic heterocycles. The number of thiophene rings is 1. The predicted octanol–water partition coefficient (Wildman–Crippen LogP) is 4.57. The number of thioether (sulfide) groups is 2. The van der Waals surface area contributed by atoms with Crippen LogP contribution in [0.3, 0.4) is 0 Å². The van der Waals surface area contributed by atoms with Crippen LogP contribution in [-0.2, 0) is 8.82 Å². The van der Waals surface area contributed by atoms with Crippen LogP contribution < -0.4 is 0 Å². The zero-order valence-corrected chi connectivity index (χ0v) is 12.2. The molecule has 0 aliphatic carbocycles. The normalized spacial score (nSPS) is 18.7. The zero-order valence-electron chi connectivity index (χ0n) is 9.74. The molecule has 1 fully saturated rings. The van der Waals surface area contributed by atoms with Crippen molar-refractivity contribution in [2.24, 2.45) is 0 Å². The summed E-state index contributed by atoms with van der Waals surface area (Å²) < 4.78 is 5.47.